The van der Waals surface area contributed by atoms with Crippen LogP contribution in [-0.2, 0) is 0 Å². The van der Waals surface area contributed by atoms with Crippen molar-refractivity contribution in [1.82, 2.24) is 9.88 Å². The van der Waals surface area contributed by atoms with Crippen molar-refractivity contribution in [2.24, 2.45) is 5.92 Å². The molecule has 5 heteroatoms. The van der Waals surface area contributed by atoms with Gasteiger partial charge < -0.3 is 10.6 Å². The lowest BCUT2D eigenvalue weighted by Crippen LogP contribution is -2.32. The third kappa shape index (κ3) is 2.88. The molecule has 0 bridgehead atoms. The summed E-state index contributed by atoms with van der Waals surface area (Å²) < 4.78 is 0. The number of anilines is 1. The minimum atomic E-state index is 0.0288. The van der Waals surface area contributed by atoms with E-state index in [1.54, 1.807) is 6.20 Å². The molecule has 0 aromatic carbocycles. The van der Waals surface area contributed by atoms with Crippen LogP contribution in [0.4, 0.5) is 5.69 Å². The van der Waals surface area contributed by atoms with E-state index in [9.17, 15) is 4.79 Å². The topological polar surface area (TPSA) is 59.2 Å². The molecule has 0 atom stereocenters. The molecule has 0 unspecified atom stereocenters. The van der Waals surface area contributed by atoms with Gasteiger partial charge in [0.1, 0.15) is 9.71 Å². The standard InChI is InChI=1S/C16H21N3OS/c1-19(10-11-6-3-2-4-7-11)16(20)14-13(17)12-8-5-9-18-15(12)21-14/h5,8-9,11H,2-4,6-7,10,17H2,1H3. The molecule has 2 N–H and O–H groups in total. The number of pyridine rings is 1. The van der Waals surface area contributed by atoms with Gasteiger partial charge in [-0.1, -0.05) is 19.3 Å². The summed E-state index contributed by atoms with van der Waals surface area (Å²) in [5.41, 5.74) is 6.71. The summed E-state index contributed by atoms with van der Waals surface area (Å²) in [6, 6.07) is 3.78. The second kappa shape index (κ2) is 6.02. The van der Waals surface area contributed by atoms with E-state index in [0.29, 0.717) is 16.5 Å². The van der Waals surface area contributed by atoms with Gasteiger partial charge >= 0.3 is 0 Å². The van der Waals surface area contributed by atoms with Crippen molar-refractivity contribution in [2.45, 2.75) is 32.1 Å². The largest absolute Gasteiger partial charge is 0.397 e. The Kier molecular flexibility index (Phi) is 4.10. The van der Waals surface area contributed by atoms with Gasteiger partial charge in [0.2, 0.25) is 0 Å². The predicted octanol–water partition coefficient (Wildman–Crippen LogP) is 3.53. The first-order valence-electron chi connectivity index (χ1n) is 7.55. The van der Waals surface area contributed by atoms with Crippen LogP contribution in [-0.4, -0.2) is 29.4 Å². The van der Waals surface area contributed by atoms with E-state index < -0.39 is 0 Å². The zero-order valence-corrected chi connectivity index (χ0v) is 13.2. The highest BCUT2D eigenvalue weighted by Gasteiger charge is 2.23. The first kappa shape index (κ1) is 14.3. The van der Waals surface area contributed by atoms with Crippen LogP contribution in [0.25, 0.3) is 10.2 Å². The smallest absolute Gasteiger partial charge is 0.265 e. The van der Waals surface area contributed by atoms with Crippen molar-refractivity contribution < 1.29 is 4.79 Å². The molecule has 1 aliphatic carbocycles. The Labute approximate surface area is 129 Å². The number of nitrogens with two attached hydrogens (primary N) is 1. The van der Waals surface area contributed by atoms with Crippen molar-refractivity contribution in [3.05, 3.63) is 23.2 Å². The summed E-state index contributed by atoms with van der Waals surface area (Å²) >= 11 is 1.40. The van der Waals surface area contributed by atoms with Crippen LogP contribution < -0.4 is 5.73 Å². The highest BCUT2D eigenvalue weighted by molar-refractivity contribution is 7.21. The molecule has 3 rings (SSSR count). The third-order valence-electron chi connectivity index (χ3n) is 4.30. The molecular formula is C16H21N3OS. The fourth-order valence-electron chi connectivity index (χ4n) is 3.12. The average Bonchev–Trinajstić information content (AvgIpc) is 2.85. The van der Waals surface area contributed by atoms with Crippen LogP contribution in [0, 0.1) is 5.92 Å². The first-order chi connectivity index (χ1) is 10.2. The van der Waals surface area contributed by atoms with Crippen LogP contribution in [0.5, 0.6) is 0 Å². The van der Waals surface area contributed by atoms with Crippen LogP contribution in [0.1, 0.15) is 41.8 Å². The summed E-state index contributed by atoms with van der Waals surface area (Å²) in [5, 5.41) is 0.886. The lowest BCUT2D eigenvalue weighted by Gasteiger charge is -2.26. The Morgan fingerprint density at radius 2 is 2.19 bits per heavy atom. The first-order valence-corrected chi connectivity index (χ1v) is 8.37. The Morgan fingerprint density at radius 1 is 1.43 bits per heavy atom. The van der Waals surface area contributed by atoms with Crippen molar-refractivity contribution in [3.63, 3.8) is 0 Å². The van der Waals surface area contributed by atoms with E-state index in [0.717, 1.165) is 16.8 Å². The van der Waals surface area contributed by atoms with Gasteiger partial charge in [-0.3, -0.25) is 4.79 Å². The predicted molar refractivity (Wildman–Crippen MR) is 87.6 cm³/mol. The van der Waals surface area contributed by atoms with Crippen molar-refractivity contribution in [3.8, 4) is 0 Å². The summed E-state index contributed by atoms with van der Waals surface area (Å²) in [6.07, 6.45) is 8.13. The number of carbonyl (C=O) groups excluding carboxylic acids is 1. The zero-order chi connectivity index (χ0) is 14.8. The number of carbonyl (C=O) groups is 1. The quantitative estimate of drug-likeness (QED) is 0.943. The van der Waals surface area contributed by atoms with E-state index in [2.05, 4.69) is 4.98 Å². The lowest BCUT2D eigenvalue weighted by atomic mass is 9.89. The second-order valence-corrected chi connectivity index (χ2v) is 6.89. The van der Waals surface area contributed by atoms with Crippen molar-refractivity contribution >= 4 is 33.1 Å². The minimum absolute atomic E-state index is 0.0288. The van der Waals surface area contributed by atoms with Crippen LogP contribution in [0.2, 0.25) is 0 Å². The van der Waals surface area contributed by atoms with Gasteiger partial charge in [-0.15, -0.1) is 11.3 Å². The average molecular weight is 303 g/mol. The number of rotatable bonds is 3. The molecular weight excluding hydrogens is 282 g/mol. The molecule has 112 valence electrons. The monoisotopic (exact) mass is 303 g/mol. The Hall–Kier alpha value is -1.62. The molecule has 2 aromatic rings. The number of thiophene rings is 1. The number of hydrogen-bond acceptors (Lipinski definition) is 4. The molecule has 0 spiro atoms. The van der Waals surface area contributed by atoms with Gasteiger partial charge in [-0.2, -0.15) is 0 Å². The summed E-state index contributed by atoms with van der Waals surface area (Å²) in [4.78, 5) is 20.2. The molecule has 0 aliphatic heterocycles. The molecule has 4 nitrogen and oxygen atoms in total. The molecule has 2 heterocycles. The summed E-state index contributed by atoms with van der Waals surface area (Å²) in [7, 11) is 1.88. The maximum absolute atomic E-state index is 12.6. The molecule has 0 saturated heterocycles. The Morgan fingerprint density at radius 3 is 2.90 bits per heavy atom. The van der Waals surface area contributed by atoms with Gasteiger partial charge in [0, 0.05) is 25.2 Å². The normalized spacial score (nSPS) is 16.2. The van der Waals surface area contributed by atoms with E-state index in [4.69, 9.17) is 5.73 Å². The number of aromatic nitrogens is 1. The van der Waals surface area contributed by atoms with Crippen molar-refractivity contribution in [2.75, 3.05) is 19.3 Å². The van der Waals surface area contributed by atoms with Gasteiger partial charge in [-0.05, 0) is 30.9 Å². The zero-order valence-electron chi connectivity index (χ0n) is 12.3. The van der Waals surface area contributed by atoms with E-state index in [1.165, 1.54) is 43.4 Å². The molecule has 1 fully saturated rings. The van der Waals surface area contributed by atoms with Gasteiger partial charge in [0.05, 0.1) is 5.69 Å². The second-order valence-electron chi connectivity index (χ2n) is 5.89. The van der Waals surface area contributed by atoms with E-state index in [1.807, 2.05) is 24.1 Å². The maximum atomic E-state index is 12.6. The molecule has 21 heavy (non-hydrogen) atoms. The molecule has 1 aliphatic rings. The molecule has 1 saturated carbocycles. The maximum Gasteiger partial charge on any atom is 0.265 e. The molecule has 0 radical (unpaired) electrons. The summed E-state index contributed by atoms with van der Waals surface area (Å²) in [5.74, 6) is 0.669. The van der Waals surface area contributed by atoms with Crippen LogP contribution in [0.15, 0.2) is 18.3 Å². The third-order valence-corrected chi connectivity index (χ3v) is 5.42. The Bertz CT molecular complexity index is 646. The fourth-order valence-corrected chi connectivity index (χ4v) is 4.18. The number of nitrogens with zero attached hydrogens (tertiary/aromatic N) is 2. The summed E-state index contributed by atoms with van der Waals surface area (Å²) in [6.45, 7) is 0.833. The highest BCUT2D eigenvalue weighted by atomic mass is 32.1. The molecule has 1 amide bonds. The lowest BCUT2D eigenvalue weighted by molar-refractivity contribution is 0.0766. The highest BCUT2D eigenvalue weighted by Crippen LogP contribution is 2.33. The number of hydrogen-bond donors (Lipinski definition) is 1. The molecule has 2 aromatic heterocycles. The van der Waals surface area contributed by atoms with Gasteiger partial charge in [0.25, 0.3) is 5.91 Å². The van der Waals surface area contributed by atoms with Crippen LogP contribution >= 0.6 is 11.3 Å². The van der Waals surface area contributed by atoms with E-state index in [-0.39, 0.29) is 5.91 Å². The number of fused-ring (bicyclic) bond motifs is 1. The number of nitrogen functional groups attached to an aromatic ring is 1. The minimum Gasteiger partial charge on any atom is -0.397 e. The van der Waals surface area contributed by atoms with Gasteiger partial charge in [0.15, 0.2) is 0 Å². The Balaban J connectivity index is 1.77. The van der Waals surface area contributed by atoms with E-state index >= 15 is 0 Å². The van der Waals surface area contributed by atoms with Crippen molar-refractivity contribution in [1.29, 1.82) is 0 Å². The van der Waals surface area contributed by atoms with Gasteiger partial charge in [-0.25, -0.2) is 4.98 Å². The number of amides is 1. The SMILES string of the molecule is CN(CC1CCCCC1)C(=O)c1sc2ncccc2c1N. The van der Waals surface area contributed by atoms with Crippen LogP contribution in [0.3, 0.4) is 0 Å². The fraction of sp³-hybridized carbons (Fsp3) is 0.500.